The van der Waals surface area contributed by atoms with Crippen molar-refractivity contribution in [3.8, 4) is 0 Å². The first-order valence-electron chi connectivity index (χ1n) is 5.88. The summed E-state index contributed by atoms with van der Waals surface area (Å²) in [7, 11) is 2.04. The Bertz CT molecular complexity index is 211. The standard InChI is InChI=1S/C6H13NO.C5H9NO2/c1-7-4-2-3-6(8)5-7;7-5(8)1-2-6-3-4-6/h6,8H,2-5H2,1H3;1-4H2,(H,7,8). The third-order valence-electron chi connectivity index (χ3n) is 2.78. The summed E-state index contributed by atoms with van der Waals surface area (Å²) in [5.74, 6) is -0.697. The van der Waals surface area contributed by atoms with E-state index in [1.54, 1.807) is 0 Å². The Morgan fingerprint density at radius 1 is 1.38 bits per heavy atom. The van der Waals surface area contributed by atoms with Crippen LogP contribution in [0.1, 0.15) is 19.3 Å². The minimum atomic E-state index is -0.697. The Kier molecular flexibility index (Phi) is 5.73. The first kappa shape index (κ1) is 13.4. The van der Waals surface area contributed by atoms with E-state index in [9.17, 15) is 4.79 Å². The molecule has 1 unspecified atom stereocenters. The van der Waals surface area contributed by atoms with Gasteiger partial charge in [-0.1, -0.05) is 0 Å². The lowest BCUT2D eigenvalue weighted by atomic mass is 10.1. The van der Waals surface area contributed by atoms with Gasteiger partial charge in [0.25, 0.3) is 0 Å². The normalized spacial score (nSPS) is 25.8. The van der Waals surface area contributed by atoms with Gasteiger partial charge in [-0.25, -0.2) is 0 Å². The monoisotopic (exact) mass is 230 g/mol. The summed E-state index contributed by atoms with van der Waals surface area (Å²) >= 11 is 0. The first-order chi connectivity index (χ1) is 7.58. The van der Waals surface area contributed by atoms with E-state index >= 15 is 0 Å². The number of likely N-dealkylation sites (N-methyl/N-ethyl adjacent to an activating group) is 1. The van der Waals surface area contributed by atoms with Crippen molar-refractivity contribution < 1.29 is 15.0 Å². The van der Waals surface area contributed by atoms with Gasteiger partial charge in [0.15, 0.2) is 0 Å². The minimum absolute atomic E-state index is 0.0613. The van der Waals surface area contributed by atoms with Crippen LogP contribution in [0, 0.1) is 0 Å². The predicted octanol–water partition coefficient (Wildman–Crippen LogP) is -0.150. The second-order valence-electron chi connectivity index (χ2n) is 4.54. The molecule has 5 nitrogen and oxygen atoms in total. The highest BCUT2D eigenvalue weighted by Gasteiger charge is 2.16. The molecule has 0 aromatic heterocycles. The maximum atomic E-state index is 9.90. The van der Waals surface area contributed by atoms with E-state index in [0.717, 1.165) is 45.6 Å². The van der Waals surface area contributed by atoms with Crippen LogP contribution in [0.3, 0.4) is 0 Å². The number of aliphatic carboxylic acids is 1. The molecule has 0 aromatic rings. The third kappa shape index (κ3) is 6.76. The largest absolute Gasteiger partial charge is 0.481 e. The molecule has 0 bridgehead atoms. The fourth-order valence-corrected chi connectivity index (χ4v) is 1.69. The van der Waals surface area contributed by atoms with Crippen LogP contribution in [0.4, 0.5) is 0 Å². The molecule has 16 heavy (non-hydrogen) atoms. The summed E-state index contributed by atoms with van der Waals surface area (Å²) in [5, 5.41) is 17.2. The quantitative estimate of drug-likeness (QED) is 0.660. The number of rotatable bonds is 3. The molecular weight excluding hydrogens is 208 g/mol. The first-order valence-corrected chi connectivity index (χ1v) is 5.88. The van der Waals surface area contributed by atoms with Crippen molar-refractivity contribution in [3.05, 3.63) is 0 Å². The summed E-state index contributed by atoms with van der Waals surface area (Å²) in [5.41, 5.74) is 0. The lowest BCUT2D eigenvalue weighted by Gasteiger charge is -2.25. The van der Waals surface area contributed by atoms with Crippen molar-refractivity contribution >= 4 is 5.97 Å². The molecule has 2 rings (SSSR count). The van der Waals surface area contributed by atoms with Crippen molar-refractivity contribution in [3.63, 3.8) is 0 Å². The molecule has 0 radical (unpaired) electrons. The van der Waals surface area contributed by atoms with Crippen LogP contribution < -0.4 is 0 Å². The van der Waals surface area contributed by atoms with Gasteiger partial charge in [-0.15, -0.1) is 0 Å². The zero-order chi connectivity index (χ0) is 12.0. The van der Waals surface area contributed by atoms with E-state index < -0.39 is 5.97 Å². The molecule has 2 aliphatic heterocycles. The van der Waals surface area contributed by atoms with Gasteiger partial charge in [-0.2, -0.15) is 0 Å². The van der Waals surface area contributed by atoms with Crippen LogP contribution >= 0.6 is 0 Å². The molecule has 0 aromatic carbocycles. The van der Waals surface area contributed by atoms with Gasteiger partial charge in [0.1, 0.15) is 0 Å². The van der Waals surface area contributed by atoms with Gasteiger partial charge in [0, 0.05) is 26.2 Å². The molecule has 2 aliphatic rings. The second kappa shape index (κ2) is 6.83. The van der Waals surface area contributed by atoms with E-state index in [2.05, 4.69) is 9.80 Å². The number of hydrogen-bond donors (Lipinski definition) is 2. The van der Waals surface area contributed by atoms with Gasteiger partial charge < -0.3 is 20.0 Å². The predicted molar refractivity (Wildman–Crippen MR) is 61.4 cm³/mol. The molecule has 94 valence electrons. The summed E-state index contributed by atoms with van der Waals surface area (Å²) < 4.78 is 0. The number of carboxylic acid groups (broad SMARTS) is 1. The van der Waals surface area contributed by atoms with E-state index in [4.69, 9.17) is 10.2 Å². The van der Waals surface area contributed by atoms with Crippen LogP contribution in [-0.2, 0) is 4.79 Å². The smallest absolute Gasteiger partial charge is 0.304 e. The van der Waals surface area contributed by atoms with Crippen molar-refractivity contribution in [2.45, 2.75) is 25.4 Å². The molecule has 5 heteroatoms. The highest BCUT2D eigenvalue weighted by Crippen LogP contribution is 2.06. The number of aliphatic hydroxyl groups excluding tert-OH is 1. The van der Waals surface area contributed by atoms with Gasteiger partial charge in [0.05, 0.1) is 12.5 Å². The number of likely N-dealkylation sites (tertiary alicyclic amines) is 1. The molecule has 0 saturated carbocycles. The fourth-order valence-electron chi connectivity index (χ4n) is 1.69. The molecule has 2 saturated heterocycles. The average Bonchev–Trinajstić information content (AvgIpc) is 2.98. The number of β-amino-alcohol motifs (C(OH)–C–C–N with tert-alkyl or cyclic N) is 1. The second-order valence-corrected chi connectivity index (χ2v) is 4.54. The topological polar surface area (TPSA) is 63.8 Å². The summed E-state index contributed by atoms with van der Waals surface area (Å²) in [6.07, 6.45) is 2.37. The molecule has 1 atom stereocenters. The molecule has 0 spiro atoms. The van der Waals surface area contributed by atoms with E-state index in [1.807, 2.05) is 7.05 Å². The number of aliphatic hydroxyl groups is 1. The van der Waals surface area contributed by atoms with Crippen molar-refractivity contribution in [2.75, 3.05) is 39.8 Å². The highest BCUT2D eigenvalue weighted by molar-refractivity contribution is 5.66. The molecular formula is C11H22N2O3. The Morgan fingerprint density at radius 3 is 2.44 bits per heavy atom. The van der Waals surface area contributed by atoms with Crippen LogP contribution in [0.25, 0.3) is 0 Å². The molecule has 2 heterocycles. The van der Waals surface area contributed by atoms with E-state index in [1.165, 1.54) is 0 Å². The maximum Gasteiger partial charge on any atom is 0.304 e. The third-order valence-corrected chi connectivity index (χ3v) is 2.78. The molecule has 0 aliphatic carbocycles. The maximum absolute atomic E-state index is 9.90. The summed E-state index contributed by atoms with van der Waals surface area (Å²) in [4.78, 5) is 14.2. The zero-order valence-electron chi connectivity index (χ0n) is 9.93. The van der Waals surface area contributed by atoms with Crippen molar-refractivity contribution in [2.24, 2.45) is 0 Å². The summed E-state index contributed by atoms with van der Waals surface area (Å²) in [6.45, 7) is 4.92. The molecule has 0 amide bonds. The van der Waals surface area contributed by atoms with Crippen LogP contribution in [0.2, 0.25) is 0 Å². The number of piperidine rings is 1. The SMILES string of the molecule is CN1CCCC(O)C1.O=C(O)CCN1CC1. The van der Waals surface area contributed by atoms with Crippen LogP contribution in [0.15, 0.2) is 0 Å². The van der Waals surface area contributed by atoms with Gasteiger partial charge >= 0.3 is 5.97 Å². The Morgan fingerprint density at radius 2 is 2.06 bits per heavy atom. The van der Waals surface area contributed by atoms with E-state index in [0.29, 0.717) is 6.42 Å². The number of carbonyl (C=O) groups is 1. The van der Waals surface area contributed by atoms with Crippen molar-refractivity contribution in [1.82, 2.24) is 9.80 Å². The lowest BCUT2D eigenvalue weighted by Crippen LogP contribution is -2.34. The van der Waals surface area contributed by atoms with E-state index in [-0.39, 0.29) is 6.10 Å². The molecule has 2 N–H and O–H groups in total. The number of hydrogen-bond acceptors (Lipinski definition) is 4. The zero-order valence-corrected chi connectivity index (χ0v) is 9.93. The molecule has 2 fully saturated rings. The van der Waals surface area contributed by atoms with Crippen molar-refractivity contribution in [1.29, 1.82) is 0 Å². The lowest BCUT2D eigenvalue weighted by molar-refractivity contribution is -0.137. The highest BCUT2D eigenvalue weighted by atomic mass is 16.4. The summed E-state index contributed by atoms with van der Waals surface area (Å²) in [6, 6.07) is 0. The number of nitrogens with zero attached hydrogens (tertiary/aromatic N) is 2. The average molecular weight is 230 g/mol. The Balaban J connectivity index is 0.000000160. The minimum Gasteiger partial charge on any atom is -0.481 e. The van der Waals surface area contributed by atoms with Crippen LogP contribution in [-0.4, -0.2) is 71.9 Å². The fraction of sp³-hybridized carbons (Fsp3) is 0.909. The van der Waals surface area contributed by atoms with Gasteiger partial charge in [-0.05, 0) is 26.4 Å². The van der Waals surface area contributed by atoms with Crippen LogP contribution in [0.5, 0.6) is 0 Å². The van der Waals surface area contributed by atoms with Gasteiger partial charge in [0.2, 0.25) is 0 Å². The Labute approximate surface area is 96.7 Å². The van der Waals surface area contributed by atoms with Gasteiger partial charge in [-0.3, -0.25) is 4.79 Å². The Hall–Kier alpha value is -0.650. The number of carboxylic acids is 1.